The van der Waals surface area contributed by atoms with Crippen molar-refractivity contribution in [2.45, 2.75) is 33.3 Å². The number of ether oxygens (including phenoxy) is 1. The molecule has 1 N–H and O–H groups in total. The van der Waals surface area contributed by atoms with Crippen molar-refractivity contribution in [3.8, 4) is 0 Å². The highest BCUT2D eigenvalue weighted by Gasteiger charge is 2.06. The van der Waals surface area contributed by atoms with Gasteiger partial charge in [-0.25, -0.2) is 0 Å². The average molecular weight is 235 g/mol. The van der Waals surface area contributed by atoms with Crippen LogP contribution in [0.5, 0.6) is 0 Å². The summed E-state index contributed by atoms with van der Waals surface area (Å²) in [5, 5.41) is 2.89. The topological polar surface area (TPSA) is 38.3 Å². The highest BCUT2D eigenvalue weighted by Crippen LogP contribution is 2.06. The Bertz CT molecular complexity index is 361. The summed E-state index contributed by atoms with van der Waals surface area (Å²) in [6.45, 7) is 7.29. The van der Waals surface area contributed by atoms with E-state index in [0.29, 0.717) is 13.2 Å². The number of carbonyl (C=O) groups is 1. The molecule has 17 heavy (non-hydrogen) atoms. The van der Waals surface area contributed by atoms with Crippen molar-refractivity contribution in [1.82, 2.24) is 5.32 Å². The zero-order chi connectivity index (χ0) is 12.7. The molecule has 1 rings (SSSR count). The van der Waals surface area contributed by atoms with Crippen LogP contribution < -0.4 is 5.32 Å². The first-order valence-corrected chi connectivity index (χ1v) is 6.06. The van der Waals surface area contributed by atoms with Crippen molar-refractivity contribution in [2.75, 3.05) is 13.2 Å². The number of hydrogen-bond donors (Lipinski definition) is 1. The van der Waals surface area contributed by atoms with Crippen LogP contribution in [0.15, 0.2) is 24.3 Å². The van der Waals surface area contributed by atoms with Gasteiger partial charge in [0, 0.05) is 18.7 Å². The standard InChI is InChI=1S/C14H21NO2/c1-11(2)17-10-6-9-15-14(16)13-8-5-4-7-12(13)3/h4-5,7-8,11H,6,9-10H2,1-3H3,(H,15,16). The second-order valence-corrected chi connectivity index (χ2v) is 4.34. The third-order valence-electron chi connectivity index (χ3n) is 2.45. The van der Waals surface area contributed by atoms with E-state index in [-0.39, 0.29) is 12.0 Å². The van der Waals surface area contributed by atoms with Crippen LogP contribution in [0.2, 0.25) is 0 Å². The Kier molecular flexibility index (Phi) is 5.70. The van der Waals surface area contributed by atoms with Gasteiger partial charge in [-0.2, -0.15) is 0 Å². The van der Waals surface area contributed by atoms with Crippen molar-refractivity contribution in [1.29, 1.82) is 0 Å². The van der Waals surface area contributed by atoms with Crippen molar-refractivity contribution in [3.63, 3.8) is 0 Å². The van der Waals surface area contributed by atoms with E-state index in [1.54, 1.807) is 0 Å². The fourth-order valence-corrected chi connectivity index (χ4v) is 1.52. The molecule has 94 valence electrons. The molecule has 1 amide bonds. The van der Waals surface area contributed by atoms with Crippen LogP contribution in [-0.2, 0) is 4.74 Å². The van der Waals surface area contributed by atoms with Gasteiger partial charge < -0.3 is 10.1 Å². The lowest BCUT2D eigenvalue weighted by atomic mass is 10.1. The molecule has 1 aromatic carbocycles. The van der Waals surface area contributed by atoms with Gasteiger partial charge in [-0.1, -0.05) is 18.2 Å². The predicted octanol–water partition coefficient (Wildman–Crippen LogP) is 2.54. The van der Waals surface area contributed by atoms with E-state index in [0.717, 1.165) is 17.5 Å². The Labute approximate surface area is 103 Å². The van der Waals surface area contributed by atoms with Crippen LogP contribution in [0.3, 0.4) is 0 Å². The fraction of sp³-hybridized carbons (Fsp3) is 0.500. The van der Waals surface area contributed by atoms with Gasteiger partial charge >= 0.3 is 0 Å². The molecule has 0 aliphatic heterocycles. The summed E-state index contributed by atoms with van der Waals surface area (Å²) in [5.41, 5.74) is 1.75. The van der Waals surface area contributed by atoms with Crippen LogP contribution in [-0.4, -0.2) is 25.2 Å². The number of carbonyl (C=O) groups excluding carboxylic acids is 1. The molecular weight excluding hydrogens is 214 g/mol. The zero-order valence-electron chi connectivity index (χ0n) is 10.8. The summed E-state index contributed by atoms with van der Waals surface area (Å²) in [5.74, 6) is -0.00681. The second kappa shape index (κ2) is 7.07. The molecule has 3 heteroatoms. The number of amides is 1. The Hall–Kier alpha value is -1.35. The number of nitrogens with one attached hydrogen (secondary N) is 1. The highest BCUT2D eigenvalue weighted by molar-refractivity contribution is 5.95. The van der Waals surface area contributed by atoms with E-state index >= 15 is 0 Å². The maximum absolute atomic E-state index is 11.8. The Balaban J connectivity index is 2.29. The molecule has 0 unspecified atom stereocenters. The molecule has 0 aromatic heterocycles. The quantitative estimate of drug-likeness (QED) is 0.769. The first kappa shape index (κ1) is 13.7. The highest BCUT2D eigenvalue weighted by atomic mass is 16.5. The first-order valence-electron chi connectivity index (χ1n) is 6.06. The van der Waals surface area contributed by atoms with Crippen LogP contribution in [0.25, 0.3) is 0 Å². The molecule has 1 aromatic rings. The van der Waals surface area contributed by atoms with Gasteiger partial charge in [0.25, 0.3) is 5.91 Å². The largest absolute Gasteiger partial charge is 0.379 e. The molecule has 0 spiro atoms. The van der Waals surface area contributed by atoms with Gasteiger partial charge in [-0.05, 0) is 38.8 Å². The summed E-state index contributed by atoms with van der Waals surface area (Å²) in [6, 6.07) is 7.60. The summed E-state index contributed by atoms with van der Waals surface area (Å²) >= 11 is 0. The minimum absolute atomic E-state index is 0.00681. The SMILES string of the molecule is Cc1ccccc1C(=O)NCCCOC(C)C. The van der Waals surface area contributed by atoms with E-state index in [2.05, 4.69) is 5.32 Å². The van der Waals surface area contributed by atoms with Crippen molar-refractivity contribution >= 4 is 5.91 Å². The van der Waals surface area contributed by atoms with Crippen LogP contribution in [0.1, 0.15) is 36.2 Å². The van der Waals surface area contributed by atoms with Crippen molar-refractivity contribution in [2.24, 2.45) is 0 Å². The molecule has 0 heterocycles. The smallest absolute Gasteiger partial charge is 0.251 e. The fourth-order valence-electron chi connectivity index (χ4n) is 1.52. The number of hydrogen-bond acceptors (Lipinski definition) is 2. The van der Waals surface area contributed by atoms with Gasteiger partial charge in [0.2, 0.25) is 0 Å². The summed E-state index contributed by atoms with van der Waals surface area (Å²) in [4.78, 5) is 11.8. The van der Waals surface area contributed by atoms with Gasteiger partial charge in [0.05, 0.1) is 6.10 Å². The van der Waals surface area contributed by atoms with E-state index < -0.39 is 0 Å². The first-order chi connectivity index (χ1) is 8.11. The molecule has 0 saturated carbocycles. The molecule has 0 bridgehead atoms. The number of aryl methyl sites for hydroxylation is 1. The van der Waals surface area contributed by atoms with E-state index in [1.165, 1.54) is 0 Å². The van der Waals surface area contributed by atoms with Gasteiger partial charge in [-0.3, -0.25) is 4.79 Å². The van der Waals surface area contributed by atoms with Gasteiger partial charge in [0.1, 0.15) is 0 Å². The predicted molar refractivity (Wildman–Crippen MR) is 69.2 cm³/mol. The van der Waals surface area contributed by atoms with Crippen LogP contribution >= 0.6 is 0 Å². The molecule has 0 fully saturated rings. The molecule has 0 atom stereocenters. The molecule has 0 radical (unpaired) electrons. The van der Waals surface area contributed by atoms with Gasteiger partial charge in [0.15, 0.2) is 0 Å². The normalized spacial score (nSPS) is 10.6. The maximum atomic E-state index is 11.8. The summed E-state index contributed by atoms with van der Waals surface area (Å²) < 4.78 is 5.40. The molecule has 0 saturated heterocycles. The van der Waals surface area contributed by atoms with Crippen molar-refractivity contribution < 1.29 is 9.53 Å². The molecule has 0 aliphatic carbocycles. The van der Waals surface area contributed by atoms with Crippen molar-refractivity contribution in [3.05, 3.63) is 35.4 Å². The Morgan fingerprint density at radius 3 is 2.71 bits per heavy atom. The summed E-state index contributed by atoms with van der Waals surface area (Å²) in [7, 11) is 0. The summed E-state index contributed by atoms with van der Waals surface area (Å²) in [6.07, 6.45) is 1.09. The van der Waals surface area contributed by atoms with E-state index in [9.17, 15) is 4.79 Å². The van der Waals surface area contributed by atoms with Crippen LogP contribution in [0.4, 0.5) is 0 Å². The average Bonchev–Trinajstić information content (AvgIpc) is 2.28. The third-order valence-corrected chi connectivity index (χ3v) is 2.45. The lowest BCUT2D eigenvalue weighted by Gasteiger charge is -2.09. The van der Waals surface area contributed by atoms with Crippen LogP contribution in [0, 0.1) is 6.92 Å². The minimum atomic E-state index is -0.00681. The Morgan fingerprint density at radius 2 is 2.06 bits per heavy atom. The second-order valence-electron chi connectivity index (χ2n) is 4.34. The lowest BCUT2D eigenvalue weighted by molar-refractivity contribution is 0.0757. The monoisotopic (exact) mass is 235 g/mol. The van der Waals surface area contributed by atoms with E-state index in [4.69, 9.17) is 4.74 Å². The Morgan fingerprint density at radius 1 is 1.35 bits per heavy atom. The zero-order valence-corrected chi connectivity index (χ0v) is 10.8. The van der Waals surface area contributed by atoms with Gasteiger partial charge in [-0.15, -0.1) is 0 Å². The number of rotatable bonds is 6. The molecule has 0 aliphatic rings. The maximum Gasteiger partial charge on any atom is 0.251 e. The number of benzene rings is 1. The molecular formula is C14H21NO2. The molecule has 3 nitrogen and oxygen atoms in total. The lowest BCUT2D eigenvalue weighted by Crippen LogP contribution is -2.26. The third kappa shape index (κ3) is 5.00. The van der Waals surface area contributed by atoms with E-state index in [1.807, 2.05) is 45.0 Å². The minimum Gasteiger partial charge on any atom is -0.379 e.